The van der Waals surface area contributed by atoms with Crippen molar-refractivity contribution in [1.82, 2.24) is 15.0 Å². The number of halogens is 2. The number of aromatic amines is 3. The molecule has 4 rings (SSSR count). The predicted octanol–water partition coefficient (Wildman–Crippen LogP) is 7.40. The molecule has 0 bridgehead atoms. The molecule has 236 valence electrons. The number of carboxylic acid groups (broad SMARTS) is 1. The summed E-state index contributed by atoms with van der Waals surface area (Å²) in [5.74, 6) is -0.374. The van der Waals surface area contributed by atoms with E-state index < -0.39 is 5.97 Å². The van der Waals surface area contributed by atoms with Gasteiger partial charge in [-0.2, -0.15) is 0 Å². The van der Waals surface area contributed by atoms with Gasteiger partial charge in [0, 0.05) is 60.0 Å². The molecule has 0 aromatic carbocycles. The Labute approximate surface area is 269 Å². The SMILES string of the molecule is CCCC1=C(C)C(Cc2[nH]cc(C)c2CCCl)=N/C1=C\c1[nH]c(Cc2[nH]c(C(=O)O)c(CCCl)c2C)cc1CCC(=O)OC. The van der Waals surface area contributed by atoms with E-state index in [0.717, 1.165) is 70.1 Å². The number of hydrogen-bond acceptors (Lipinski definition) is 4. The summed E-state index contributed by atoms with van der Waals surface area (Å²) in [6, 6.07) is 2.05. The van der Waals surface area contributed by atoms with E-state index in [1.165, 1.54) is 29.4 Å². The van der Waals surface area contributed by atoms with Gasteiger partial charge >= 0.3 is 11.9 Å². The van der Waals surface area contributed by atoms with Crippen LogP contribution in [0.4, 0.5) is 0 Å². The van der Waals surface area contributed by atoms with Crippen molar-refractivity contribution >= 4 is 46.9 Å². The van der Waals surface area contributed by atoms with Gasteiger partial charge in [0.15, 0.2) is 0 Å². The Morgan fingerprint density at radius 2 is 1.73 bits per heavy atom. The zero-order chi connectivity index (χ0) is 32.0. The maximum absolute atomic E-state index is 12.1. The molecule has 0 aliphatic carbocycles. The van der Waals surface area contributed by atoms with Crippen LogP contribution in [0.5, 0.6) is 0 Å². The minimum Gasteiger partial charge on any atom is -0.477 e. The number of alkyl halides is 2. The fourth-order valence-electron chi connectivity index (χ4n) is 6.03. The average Bonchev–Trinajstić information content (AvgIpc) is 3.71. The lowest BCUT2D eigenvalue weighted by Crippen LogP contribution is -2.06. The van der Waals surface area contributed by atoms with Crippen molar-refractivity contribution in [3.63, 3.8) is 0 Å². The maximum atomic E-state index is 12.1. The van der Waals surface area contributed by atoms with Crippen molar-refractivity contribution in [1.29, 1.82) is 0 Å². The van der Waals surface area contributed by atoms with Gasteiger partial charge in [0.1, 0.15) is 5.69 Å². The smallest absolute Gasteiger partial charge is 0.352 e. The van der Waals surface area contributed by atoms with Crippen molar-refractivity contribution in [3.8, 4) is 0 Å². The number of aromatic carboxylic acids is 1. The molecule has 0 saturated carbocycles. The molecule has 4 heterocycles. The summed E-state index contributed by atoms with van der Waals surface area (Å²) in [7, 11) is 1.39. The van der Waals surface area contributed by atoms with Crippen LogP contribution in [0.2, 0.25) is 0 Å². The number of hydrogen-bond donors (Lipinski definition) is 4. The van der Waals surface area contributed by atoms with Crippen LogP contribution in [0.1, 0.15) is 94.2 Å². The molecule has 0 radical (unpaired) electrons. The van der Waals surface area contributed by atoms with Crippen LogP contribution in [0.25, 0.3) is 6.08 Å². The maximum Gasteiger partial charge on any atom is 0.352 e. The molecule has 3 aromatic heterocycles. The first-order valence-corrected chi connectivity index (χ1v) is 16.2. The van der Waals surface area contributed by atoms with Gasteiger partial charge < -0.3 is 24.8 Å². The van der Waals surface area contributed by atoms with Crippen molar-refractivity contribution in [2.45, 2.75) is 79.1 Å². The van der Waals surface area contributed by atoms with Crippen LogP contribution in [0, 0.1) is 13.8 Å². The van der Waals surface area contributed by atoms with E-state index in [-0.39, 0.29) is 18.1 Å². The van der Waals surface area contributed by atoms with Crippen molar-refractivity contribution in [2.24, 2.45) is 4.99 Å². The molecule has 0 unspecified atom stereocenters. The number of esters is 1. The highest BCUT2D eigenvalue weighted by molar-refractivity contribution is 6.18. The summed E-state index contributed by atoms with van der Waals surface area (Å²) >= 11 is 12.1. The van der Waals surface area contributed by atoms with Crippen molar-refractivity contribution < 1.29 is 19.4 Å². The summed E-state index contributed by atoms with van der Waals surface area (Å²) in [5, 5.41) is 9.74. The average molecular weight is 642 g/mol. The van der Waals surface area contributed by atoms with E-state index in [0.29, 0.717) is 37.4 Å². The van der Waals surface area contributed by atoms with Gasteiger partial charge in [0.2, 0.25) is 0 Å². The Balaban J connectivity index is 1.73. The first-order chi connectivity index (χ1) is 21.1. The molecule has 10 heteroatoms. The summed E-state index contributed by atoms with van der Waals surface area (Å²) in [4.78, 5) is 39.2. The lowest BCUT2D eigenvalue weighted by atomic mass is 9.97. The van der Waals surface area contributed by atoms with E-state index in [4.69, 9.17) is 32.9 Å². The second-order valence-electron chi connectivity index (χ2n) is 11.3. The van der Waals surface area contributed by atoms with Gasteiger partial charge in [-0.25, -0.2) is 4.79 Å². The monoisotopic (exact) mass is 640 g/mol. The molecular formula is C34H42Cl2N4O4. The molecule has 0 fully saturated rings. The van der Waals surface area contributed by atoms with Crippen molar-refractivity contribution in [3.05, 3.63) is 85.4 Å². The number of H-pyrrole nitrogens is 3. The summed E-state index contributed by atoms with van der Waals surface area (Å²) in [6.45, 7) is 8.34. The van der Waals surface area contributed by atoms with E-state index in [9.17, 15) is 14.7 Å². The van der Waals surface area contributed by atoms with Gasteiger partial charge in [-0.1, -0.05) is 13.3 Å². The molecule has 0 spiro atoms. The molecule has 0 saturated heterocycles. The van der Waals surface area contributed by atoms with E-state index in [2.05, 4.69) is 41.8 Å². The summed E-state index contributed by atoms with van der Waals surface area (Å²) in [6.07, 6.45) is 9.20. The first-order valence-electron chi connectivity index (χ1n) is 15.1. The molecule has 0 atom stereocenters. The zero-order valence-electron chi connectivity index (χ0n) is 26.2. The third-order valence-corrected chi connectivity index (χ3v) is 8.83. The lowest BCUT2D eigenvalue weighted by molar-refractivity contribution is -0.140. The molecule has 1 aliphatic rings. The van der Waals surface area contributed by atoms with E-state index >= 15 is 0 Å². The number of nitrogens with one attached hydrogen (secondary N) is 3. The number of nitrogens with zero attached hydrogens (tertiary/aromatic N) is 1. The van der Waals surface area contributed by atoms with Crippen molar-refractivity contribution in [2.75, 3.05) is 18.9 Å². The van der Waals surface area contributed by atoms with Gasteiger partial charge in [-0.3, -0.25) is 9.79 Å². The summed E-state index contributed by atoms with van der Waals surface area (Å²) < 4.78 is 4.91. The van der Waals surface area contributed by atoms with Crippen LogP contribution < -0.4 is 0 Å². The van der Waals surface area contributed by atoms with Crippen LogP contribution in [0.3, 0.4) is 0 Å². The Hall–Kier alpha value is -3.49. The second-order valence-corrected chi connectivity index (χ2v) is 12.1. The zero-order valence-corrected chi connectivity index (χ0v) is 27.7. The predicted molar refractivity (Wildman–Crippen MR) is 178 cm³/mol. The molecular weight excluding hydrogens is 599 g/mol. The van der Waals surface area contributed by atoms with Crippen LogP contribution >= 0.6 is 23.2 Å². The highest BCUT2D eigenvalue weighted by atomic mass is 35.5. The summed E-state index contributed by atoms with van der Waals surface area (Å²) in [5.41, 5.74) is 13.4. The molecule has 4 N–H and O–H groups in total. The van der Waals surface area contributed by atoms with Gasteiger partial charge in [0.05, 0.1) is 18.5 Å². The van der Waals surface area contributed by atoms with Crippen LogP contribution in [0.15, 0.2) is 34.1 Å². The number of ether oxygens (including phenoxy) is 1. The number of aromatic nitrogens is 3. The molecule has 8 nitrogen and oxygen atoms in total. The lowest BCUT2D eigenvalue weighted by Gasteiger charge is -2.06. The number of aryl methyl sites for hydroxylation is 2. The highest BCUT2D eigenvalue weighted by Gasteiger charge is 2.24. The molecule has 44 heavy (non-hydrogen) atoms. The topological polar surface area (TPSA) is 123 Å². The third-order valence-electron chi connectivity index (χ3n) is 8.45. The van der Waals surface area contributed by atoms with Gasteiger partial charge in [-0.05, 0) is 97.6 Å². The molecule has 0 amide bonds. The van der Waals surface area contributed by atoms with E-state index in [1.807, 2.05) is 19.2 Å². The number of methoxy groups -OCH3 is 1. The second kappa shape index (κ2) is 15.0. The normalized spacial score (nSPS) is 14.2. The fraction of sp³-hybridized carbons (Fsp3) is 0.441. The number of rotatable bonds is 15. The quantitative estimate of drug-likeness (QED) is 0.102. The Kier molecular flexibility index (Phi) is 11.4. The number of carbonyl (C=O) groups is 2. The highest BCUT2D eigenvalue weighted by Crippen LogP contribution is 2.33. The Morgan fingerprint density at radius 3 is 2.39 bits per heavy atom. The van der Waals surface area contributed by atoms with E-state index in [1.54, 1.807) is 0 Å². The number of carbonyl (C=O) groups excluding carboxylic acids is 1. The third kappa shape index (κ3) is 7.41. The van der Waals surface area contributed by atoms with Gasteiger partial charge in [0.25, 0.3) is 0 Å². The first kappa shape index (κ1) is 33.4. The Bertz CT molecular complexity index is 1620. The van der Waals surface area contributed by atoms with Gasteiger partial charge in [-0.15, -0.1) is 23.2 Å². The van der Waals surface area contributed by atoms with Crippen LogP contribution in [-0.2, 0) is 41.6 Å². The number of carboxylic acids is 1. The number of aliphatic imine (C=N–C) groups is 1. The standard InChI is InChI=1S/C34H42Cl2N4O4/c1-6-7-25-20(3)28(16-30-24(10-12-35)19(2)18-37-30)39-31(25)17-29-22(8-9-32(41)44-5)14-23(38-29)15-27-21(4)26(11-13-36)33(40-27)34(42)43/h14,17-18,37-38,40H,6-13,15-16H2,1-5H3,(H,42,43)/b31-17-. The van der Waals surface area contributed by atoms with Crippen LogP contribution in [-0.4, -0.2) is 56.6 Å². The fourth-order valence-corrected chi connectivity index (χ4v) is 6.40. The Morgan fingerprint density at radius 1 is 1.00 bits per heavy atom. The minimum absolute atomic E-state index is 0.182. The minimum atomic E-state index is -1.00. The molecule has 1 aliphatic heterocycles. The largest absolute Gasteiger partial charge is 0.477 e. The molecule has 3 aromatic rings. The number of allylic oxidation sites excluding steroid dienone is 2.